The van der Waals surface area contributed by atoms with Crippen molar-refractivity contribution < 1.29 is 15.3 Å². The number of nitrogen functional groups attached to an aromatic ring is 1. The fourth-order valence-electron chi connectivity index (χ4n) is 3.84. The maximum absolute atomic E-state index is 10.4. The number of rotatable bonds is 2. The van der Waals surface area contributed by atoms with Crippen LogP contribution in [0.4, 0.5) is 5.82 Å². The van der Waals surface area contributed by atoms with E-state index < -0.39 is 17.6 Å². The fraction of sp³-hybridized carbons (Fsp3) is 0.538. The van der Waals surface area contributed by atoms with Crippen LogP contribution in [0.5, 0.6) is 0 Å². The first-order valence-corrected chi connectivity index (χ1v) is 7.82. The summed E-state index contributed by atoms with van der Waals surface area (Å²) in [5, 5.41) is 30.9. The molecule has 2 fully saturated rings. The van der Waals surface area contributed by atoms with Crippen LogP contribution in [-0.4, -0.2) is 48.7 Å². The van der Waals surface area contributed by atoms with Crippen LogP contribution in [-0.2, 0) is 0 Å². The first-order chi connectivity index (χ1) is 10.0. The summed E-state index contributed by atoms with van der Waals surface area (Å²) in [6.45, 7) is -0.111. The quantitative estimate of drug-likeness (QED) is 0.521. The molecule has 0 radical (unpaired) electrons. The van der Waals surface area contributed by atoms with E-state index in [9.17, 15) is 15.3 Å². The third-order valence-corrected chi connectivity index (χ3v) is 5.88. The lowest BCUT2D eigenvalue weighted by atomic mass is 10.0. The molecule has 5 N–H and O–H groups in total. The number of hydrogen-bond acceptors (Lipinski definition) is 6. The van der Waals surface area contributed by atoms with E-state index in [2.05, 4.69) is 32.6 Å². The zero-order valence-corrected chi connectivity index (χ0v) is 13.2. The van der Waals surface area contributed by atoms with Gasteiger partial charge in [-0.3, -0.25) is 0 Å². The summed E-state index contributed by atoms with van der Waals surface area (Å²) in [5.74, 6) is 0.454. The van der Waals surface area contributed by atoms with Gasteiger partial charge in [-0.15, -0.1) is 0 Å². The monoisotopic (exact) mass is 402 g/mol. The molecule has 0 aromatic carbocycles. The number of fused-ring (bicyclic) bond motifs is 2. The van der Waals surface area contributed by atoms with Crippen LogP contribution in [0.2, 0.25) is 0 Å². The second kappa shape index (κ2) is 4.28. The van der Waals surface area contributed by atoms with Gasteiger partial charge < -0.3 is 25.6 Å². The summed E-state index contributed by atoms with van der Waals surface area (Å²) in [5.41, 5.74) is 6.00. The summed E-state index contributed by atoms with van der Waals surface area (Å²) < 4.78 is 2.78. The Labute approximate surface area is 133 Å². The van der Waals surface area contributed by atoms with Crippen LogP contribution >= 0.6 is 22.6 Å². The van der Waals surface area contributed by atoms with E-state index in [0.29, 0.717) is 17.9 Å². The molecule has 21 heavy (non-hydrogen) atoms. The van der Waals surface area contributed by atoms with Crippen molar-refractivity contribution in [3.8, 4) is 0 Å². The topological polar surface area (TPSA) is 117 Å². The molecule has 2 heterocycles. The minimum atomic E-state index is -0.918. The van der Waals surface area contributed by atoms with Gasteiger partial charge in [0.2, 0.25) is 0 Å². The first-order valence-electron chi connectivity index (χ1n) is 6.75. The Bertz CT molecular complexity index is 736. The molecule has 0 aliphatic heterocycles. The Morgan fingerprint density at radius 1 is 1.43 bits per heavy atom. The van der Waals surface area contributed by atoms with Crippen molar-refractivity contribution in [2.45, 2.75) is 24.7 Å². The average molecular weight is 402 g/mol. The SMILES string of the molecule is Nc1ncnc2c1c(I)cn2[C@H]1[C@H](O)[C@H](O)[C@]2(CO)C[C@H]12. The van der Waals surface area contributed by atoms with Crippen molar-refractivity contribution in [2.24, 2.45) is 11.3 Å². The number of nitrogens with zero attached hydrogens (tertiary/aromatic N) is 3. The van der Waals surface area contributed by atoms with Crippen molar-refractivity contribution >= 4 is 39.4 Å². The Hall–Kier alpha value is -0.970. The highest BCUT2D eigenvalue weighted by Gasteiger charge is 2.71. The van der Waals surface area contributed by atoms with Crippen LogP contribution in [0.15, 0.2) is 12.5 Å². The second-order valence-corrected chi connectivity index (χ2v) is 7.13. The number of aliphatic hydroxyl groups excluding tert-OH is 3. The van der Waals surface area contributed by atoms with Gasteiger partial charge in [-0.25, -0.2) is 9.97 Å². The van der Waals surface area contributed by atoms with E-state index in [4.69, 9.17) is 5.73 Å². The molecule has 0 spiro atoms. The number of hydrogen-bond donors (Lipinski definition) is 4. The van der Waals surface area contributed by atoms with E-state index in [0.717, 1.165) is 8.96 Å². The summed E-state index contributed by atoms with van der Waals surface area (Å²) in [7, 11) is 0. The van der Waals surface area contributed by atoms with Gasteiger partial charge in [0.25, 0.3) is 0 Å². The fourth-order valence-corrected chi connectivity index (χ4v) is 4.66. The van der Waals surface area contributed by atoms with Gasteiger partial charge in [0.15, 0.2) is 0 Å². The molecule has 2 aliphatic rings. The first kappa shape index (κ1) is 13.7. The number of nitrogens with two attached hydrogens (primary N) is 1. The Morgan fingerprint density at radius 3 is 2.86 bits per heavy atom. The van der Waals surface area contributed by atoms with Crippen molar-refractivity contribution in [3.63, 3.8) is 0 Å². The third-order valence-electron chi connectivity index (χ3n) is 5.06. The van der Waals surface area contributed by atoms with Crippen LogP contribution < -0.4 is 5.73 Å². The zero-order valence-electron chi connectivity index (χ0n) is 11.0. The molecule has 8 heteroatoms. The molecule has 7 nitrogen and oxygen atoms in total. The van der Waals surface area contributed by atoms with Gasteiger partial charge in [0, 0.05) is 15.2 Å². The number of halogens is 1. The number of aliphatic hydroxyl groups is 3. The zero-order chi connectivity index (χ0) is 14.9. The molecule has 4 rings (SSSR count). The molecule has 0 amide bonds. The second-order valence-electron chi connectivity index (χ2n) is 5.97. The molecular weight excluding hydrogens is 387 g/mol. The van der Waals surface area contributed by atoms with Gasteiger partial charge in [-0.05, 0) is 34.9 Å². The standard InChI is InChI=1S/C13H15IN4O3/c14-6-2-18(12-7(6)11(15)16-4-17-12)8-5-1-13(5,3-19)10(21)9(8)20/h2,4-5,8-10,19-21H,1,3H2,(H2,15,16,17)/t5-,8-,9+,10+,13+/m1/s1. The largest absolute Gasteiger partial charge is 0.396 e. The maximum atomic E-state index is 10.4. The molecule has 2 aromatic rings. The lowest BCUT2D eigenvalue weighted by Crippen LogP contribution is -2.35. The van der Waals surface area contributed by atoms with Crippen molar-refractivity contribution in [2.75, 3.05) is 12.3 Å². The molecule has 112 valence electrons. The third kappa shape index (κ3) is 1.58. The Morgan fingerprint density at radius 2 is 2.19 bits per heavy atom. The molecule has 0 saturated heterocycles. The van der Waals surface area contributed by atoms with Crippen LogP contribution in [0.3, 0.4) is 0 Å². The number of aromatic nitrogens is 3. The Balaban J connectivity index is 1.87. The molecule has 2 aromatic heterocycles. The molecule has 0 unspecified atom stereocenters. The normalized spacial score (nSPS) is 37.9. The van der Waals surface area contributed by atoms with Gasteiger partial charge in [0.05, 0.1) is 24.1 Å². The van der Waals surface area contributed by atoms with E-state index in [-0.39, 0.29) is 18.6 Å². The van der Waals surface area contributed by atoms with Crippen molar-refractivity contribution in [3.05, 3.63) is 16.1 Å². The average Bonchev–Trinajstić information content (AvgIpc) is 3.04. The van der Waals surface area contributed by atoms with E-state index in [1.807, 2.05) is 10.8 Å². The minimum Gasteiger partial charge on any atom is -0.396 e. The lowest BCUT2D eigenvalue weighted by molar-refractivity contribution is -0.0300. The molecule has 5 atom stereocenters. The maximum Gasteiger partial charge on any atom is 0.146 e. The lowest BCUT2D eigenvalue weighted by Gasteiger charge is -2.23. The highest BCUT2D eigenvalue weighted by Crippen LogP contribution is 2.67. The van der Waals surface area contributed by atoms with Gasteiger partial charge >= 0.3 is 0 Å². The predicted molar refractivity (Wildman–Crippen MR) is 83.3 cm³/mol. The molecule has 2 saturated carbocycles. The highest BCUT2D eigenvalue weighted by atomic mass is 127. The van der Waals surface area contributed by atoms with Crippen LogP contribution in [0.1, 0.15) is 12.5 Å². The summed E-state index contributed by atoms with van der Waals surface area (Å²) >= 11 is 2.16. The summed E-state index contributed by atoms with van der Waals surface area (Å²) in [6.07, 6.45) is 2.16. The van der Waals surface area contributed by atoms with Crippen molar-refractivity contribution in [1.82, 2.24) is 14.5 Å². The van der Waals surface area contributed by atoms with E-state index >= 15 is 0 Å². The highest BCUT2D eigenvalue weighted by molar-refractivity contribution is 14.1. The Kier molecular flexibility index (Phi) is 2.79. The summed E-state index contributed by atoms with van der Waals surface area (Å²) in [4.78, 5) is 8.28. The molecular formula is C13H15IN4O3. The van der Waals surface area contributed by atoms with Crippen LogP contribution in [0, 0.1) is 14.9 Å². The van der Waals surface area contributed by atoms with Crippen molar-refractivity contribution in [1.29, 1.82) is 0 Å². The molecule has 0 bridgehead atoms. The minimum absolute atomic E-state index is 0.0510. The van der Waals surface area contributed by atoms with Crippen LogP contribution in [0.25, 0.3) is 11.0 Å². The predicted octanol–water partition coefficient (Wildman–Crippen LogP) is -0.107. The van der Waals surface area contributed by atoms with E-state index in [1.54, 1.807) is 0 Å². The molecule has 2 aliphatic carbocycles. The smallest absolute Gasteiger partial charge is 0.146 e. The van der Waals surface area contributed by atoms with Gasteiger partial charge in [-0.2, -0.15) is 0 Å². The number of anilines is 1. The summed E-state index contributed by atoms with van der Waals surface area (Å²) in [6, 6.07) is -0.299. The van der Waals surface area contributed by atoms with E-state index in [1.165, 1.54) is 6.33 Å². The van der Waals surface area contributed by atoms with Gasteiger partial charge in [-0.1, -0.05) is 0 Å². The van der Waals surface area contributed by atoms with Gasteiger partial charge in [0.1, 0.15) is 23.9 Å².